The summed E-state index contributed by atoms with van der Waals surface area (Å²) in [5, 5.41) is 0.435. The van der Waals surface area contributed by atoms with Crippen LogP contribution in [-0.4, -0.2) is 8.42 Å². The Morgan fingerprint density at radius 1 is 1.00 bits per heavy atom. The lowest BCUT2D eigenvalue weighted by Crippen LogP contribution is -1.88. The summed E-state index contributed by atoms with van der Waals surface area (Å²) in [4.78, 5) is 0.177. The number of thiol groups is 1. The normalized spacial score (nSPS) is 10.8. The number of benzene rings is 2. The van der Waals surface area contributed by atoms with E-state index < -0.39 is 10.7 Å². The molecule has 88 valence electrons. The van der Waals surface area contributed by atoms with Gasteiger partial charge in [-0.25, -0.2) is 12.8 Å². The molecule has 0 saturated carbocycles. The molecule has 0 heterocycles. The highest BCUT2D eigenvalue weighted by atomic mass is 35.5. The third-order valence-electron chi connectivity index (χ3n) is 2.31. The SMILES string of the molecule is O=[SH](=O)c1ccc(Cl)cc1-c1ccc(F)cc1. The minimum Gasteiger partial charge on any atom is -0.227 e. The fourth-order valence-corrected chi connectivity index (χ4v) is 2.29. The highest BCUT2D eigenvalue weighted by Gasteiger charge is 2.08. The second-order valence-electron chi connectivity index (χ2n) is 3.43. The van der Waals surface area contributed by atoms with Crippen LogP contribution in [0.25, 0.3) is 11.1 Å². The molecular weight excluding hydrogens is 263 g/mol. The van der Waals surface area contributed by atoms with Crippen molar-refractivity contribution >= 4 is 22.3 Å². The van der Waals surface area contributed by atoms with Crippen LogP contribution >= 0.6 is 11.6 Å². The maximum atomic E-state index is 12.8. The van der Waals surface area contributed by atoms with Crippen molar-refractivity contribution < 1.29 is 12.8 Å². The van der Waals surface area contributed by atoms with Crippen LogP contribution in [0.15, 0.2) is 47.4 Å². The monoisotopic (exact) mass is 270 g/mol. The van der Waals surface area contributed by atoms with E-state index in [1.807, 2.05) is 0 Å². The third kappa shape index (κ3) is 2.65. The summed E-state index contributed by atoms with van der Waals surface area (Å²) < 4.78 is 35.0. The molecule has 2 rings (SSSR count). The van der Waals surface area contributed by atoms with Gasteiger partial charge in [0.05, 0.1) is 4.90 Å². The molecule has 2 aromatic rings. The van der Waals surface area contributed by atoms with E-state index in [0.29, 0.717) is 16.1 Å². The van der Waals surface area contributed by atoms with Crippen LogP contribution in [0.1, 0.15) is 0 Å². The lowest BCUT2D eigenvalue weighted by Gasteiger charge is -2.05. The van der Waals surface area contributed by atoms with Gasteiger partial charge in [-0.1, -0.05) is 23.7 Å². The summed E-state index contributed by atoms with van der Waals surface area (Å²) in [6.45, 7) is 0. The number of hydrogen-bond donors (Lipinski definition) is 1. The Hall–Kier alpha value is -1.39. The fraction of sp³-hybridized carbons (Fsp3) is 0. The second kappa shape index (κ2) is 4.85. The Morgan fingerprint density at radius 3 is 2.24 bits per heavy atom. The predicted molar refractivity (Wildman–Crippen MR) is 65.4 cm³/mol. The van der Waals surface area contributed by atoms with Gasteiger partial charge >= 0.3 is 0 Å². The lowest BCUT2D eigenvalue weighted by molar-refractivity contribution is 0.615. The minimum absolute atomic E-state index is 0.177. The number of hydrogen-bond acceptors (Lipinski definition) is 2. The standard InChI is InChI=1S/C12H8ClFO2S/c13-9-3-6-12(17(15)16)11(7-9)8-1-4-10(14)5-2-8/h1-7,17H. The van der Waals surface area contributed by atoms with E-state index in [0.717, 1.165) is 0 Å². The van der Waals surface area contributed by atoms with Crippen molar-refractivity contribution in [2.45, 2.75) is 4.90 Å². The Kier molecular flexibility index (Phi) is 3.45. The van der Waals surface area contributed by atoms with Crippen molar-refractivity contribution in [1.82, 2.24) is 0 Å². The second-order valence-corrected chi connectivity index (χ2v) is 4.86. The van der Waals surface area contributed by atoms with E-state index in [2.05, 4.69) is 0 Å². The zero-order valence-corrected chi connectivity index (χ0v) is 10.2. The van der Waals surface area contributed by atoms with Gasteiger partial charge < -0.3 is 0 Å². The molecule has 0 unspecified atom stereocenters. The fourth-order valence-electron chi connectivity index (χ4n) is 1.53. The largest absolute Gasteiger partial charge is 0.227 e. The Labute approximate surface area is 105 Å². The average molecular weight is 271 g/mol. The van der Waals surface area contributed by atoms with Crippen molar-refractivity contribution in [2.24, 2.45) is 0 Å². The van der Waals surface area contributed by atoms with E-state index in [9.17, 15) is 12.8 Å². The van der Waals surface area contributed by atoms with E-state index in [1.54, 1.807) is 6.07 Å². The Balaban J connectivity index is 2.64. The summed E-state index contributed by atoms with van der Waals surface area (Å²) in [5.41, 5.74) is 1.09. The van der Waals surface area contributed by atoms with Gasteiger partial charge in [0.2, 0.25) is 0 Å². The first kappa shape index (κ1) is 12.1. The summed E-state index contributed by atoms with van der Waals surface area (Å²) in [5.74, 6) is -0.371. The van der Waals surface area contributed by atoms with Crippen LogP contribution in [-0.2, 0) is 10.7 Å². The molecule has 0 radical (unpaired) electrons. The number of halogens is 2. The molecule has 0 fully saturated rings. The van der Waals surface area contributed by atoms with E-state index >= 15 is 0 Å². The number of rotatable bonds is 2. The maximum absolute atomic E-state index is 12.8. The van der Waals surface area contributed by atoms with E-state index in [-0.39, 0.29) is 10.7 Å². The van der Waals surface area contributed by atoms with Crippen LogP contribution in [0.5, 0.6) is 0 Å². The molecule has 0 atom stereocenters. The van der Waals surface area contributed by atoms with Gasteiger partial charge in [0.15, 0.2) is 10.7 Å². The molecule has 0 N–H and O–H groups in total. The summed E-state index contributed by atoms with van der Waals surface area (Å²) >= 11 is 5.83. The molecule has 0 spiro atoms. The van der Waals surface area contributed by atoms with Crippen molar-refractivity contribution in [2.75, 3.05) is 0 Å². The summed E-state index contributed by atoms with van der Waals surface area (Å²) in [6.07, 6.45) is 0. The smallest absolute Gasteiger partial charge is 0.168 e. The Bertz CT molecular complexity index is 613. The molecule has 2 aromatic carbocycles. The first-order valence-corrected chi connectivity index (χ1v) is 6.33. The molecule has 17 heavy (non-hydrogen) atoms. The molecule has 0 aliphatic rings. The van der Waals surface area contributed by atoms with Crippen LogP contribution in [0, 0.1) is 5.82 Å². The summed E-state index contributed by atoms with van der Waals surface area (Å²) in [7, 11) is -2.71. The quantitative estimate of drug-likeness (QED) is 0.851. The van der Waals surface area contributed by atoms with Crippen LogP contribution in [0.3, 0.4) is 0 Å². The molecule has 0 saturated heterocycles. The van der Waals surface area contributed by atoms with Crippen LogP contribution in [0.2, 0.25) is 5.02 Å². The first-order valence-electron chi connectivity index (χ1n) is 4.78. The highest BCUT2D eigenvalue weighted by molar-refractivity contribution is 7.72. The zero-order valence-electron chi connectivity index (χ0n) is 8.56. The highest BCUT2D eigenvalue weighted by Crippen LogP contribution is 2.28. The molecule has 2 nitrogen and oxygen atoms in total. The molecule has 0 bridgehead atoms. The van der Waals surface area contributed by atoms with E-state index in [1.165, 1.54) is 36.4 Å². The first-order chi connectivity index (χ1) is 8.08. The molecule has 0 aliphatic heterocycles. The third-order valence-corrected chi connectivity index (χ3v) is 3.33. The summed E-state index contributed by atoms with van der Waals surface area (Å²) in [6, 6.07) is 10.1. The van der Waals surface area contributed by atoms with Gasteiger partial charge in [-0.3, -0.25) is 0 Å². The van der Waals surface area contributed by atoms with Crippen LogP contribution in [0.4, 0.5) is 4.39 Å². The van der Waals surface area contributed by atoms with Crippen LogP contribution < -0.4 is 0 Å². The molecule has 0 aliphatic carbocycles. The van der Waals surface area contributed by atoms with Gasteiger partial charge in [-0.2, -0.15) is 0 Å². The molecular formula is C12H8ClFO2S. The van der Waals surface area contributed by atoms with Crippen molar-refractivity contribution in [3.05, 3.63) is 53.3 Å². The lowest BCUT2D eigenvalue weighted by atomic mass is 10.1. The van der Waals surface area contributed by atoms with Gasteiger partial charge in [-0.05, 0) is 35.9 Å². The van der Waals surface area contributed by atoms with Crippen molar-refractivity contribution in [3.63, 3.8) is 0 Å². The van der Waals surface area contributed by atoms with E-state index in [4.69, 9.17) is 11.6 Å². The van der Waals surface area contributed by atoms with Gasteiger partial charge in [-0.15, -0.1) is 0 Å². The van der Waals surface area contributed by atoms with Gasteiger partial charge in [0.1, 0.15) is 5.82 Å². The molecule has 5 heteroatoms. The van der Waals surface area contributed by atoms with Gasteiger partial charge in [0, 0.05) is 10.6 Å². The molecule has 0 amide bonds. The zero-order chi connectivity index (χ0) is 12.4. The predicted octanol–water partition coefficient (Wildman–Crippen LogP) is 3.12. The molecule has 0 aromatic heterocycles. The van der Waals surface area contributed by atoms with Gasteiger partial charge in [0.25, 0.3) is 0 Å². The van der Waals surface area contributed by atoms with Crippen molar-refractivity contribution in [3.8, 4) is 11.1 Å². The van der Waals surface area contributed by atoms with Crippen molar-refractivity contribution in [1.29, 1.82) is 0 Å². The maximum Gasteiger partial charge on any atom is 0.168 e. The average Bonchev–Trinajstić information content (AvgIpc) is 2.29. The minimum atomic E-state index is -2.71. The Morgan fingerprint density at radius 2 is 1.65 bits per heavy atom. The topological polar surface area (TPSA) is 34.1 Å².